The third kappa shape index (κ3) is 4.38. The molecule has 3 rings (SSSR count). The van der Waals surface area contributed by atoms with Crippen LogP contribution < -0.4 is 10.1 Å². The van der Waals surface area contributed by atoms with Gasteiger partial charge in [0, 0.05) is 11.5 Å². The van der Waals surface area contributed by atoms with Crippen molar-refractivity contribution in [2.45, 2.75) is 64.5 Å². The van der Waals surface area contributed by atoms with Crippen LogP contribution in [0.4, 0.5) is 0 Å². The highest BCUT2D eigenvalue weighted by Crippen LogP contribution is 2.23. The van der Waals surface area contributed by atoms with Crippen molar-refractivity contribution in [3.8, 4) is 5.75 Å². The average Bonchev–Trinajstić information content (AvgIpc) is 3.24. The summed E-state index contributed by atoms with van der Waals surface area (Å²) in [7, 11) is 0. The average molecular weight is 343 g/mol. The van der Waals surface area contributed by atoms with Gasteiger partial charge in [-0.25, -0.2) is 0 Å². The van der Waals surface area contributed by atoms with E-state index in [0.717, 1.165) is 12.8 Å². The molecule has 1 amide bonds. The fourth-order valence-corrected chi connectivity index (χ4v) is 2.87. The highest BCUT2D eigenvalue weighted by Gasteiger charge is 2.22. The van der Waals surface area contributed by atoms with Crippen molar-refractivity contribution in [1.29, 1.82) is 0 Å². The molecule has 1 fully saturated rings. The highest BCUT2D eigenvalue weighted by molar-refractivity contribution is 5.97. The number of para-hydroxylation sites is 1. The van der Waals surface area contributed by atoms with Gasteiger partial charge in [-0.3, -0.25) is 4.79 Å². The Morgan fingerprint density at radius 3 is 2.64 bits per heavy atom. The number of carbonyl (C=O) groups is 1. The summed E-state index contributed by atoms with van der Waals surface area (Å²) in [5.41, 5.74) is 0.328. The van der Waals surface area contributed by atoms with E-state index in [2.05, 4.69) is 15.5 Å². The van der Waals surface area contributed by atoms with Crippen LogP contribution in [-0.4, -0.2) is 22.1 Å². The van der Waals surface area contributed by atoms with Crippen molar-refractivity contribution in [2.24, 2.45) is 0 Å². The predicted molar refractivity (Wildman–Crippen MR) is 93.5 cm³/mol. The third-order valence-electron chi connectivity index (χ3n) is 4.28. The number of nitrogens with zero attached hydrogens (tertiary/aromatic N) is 2. The number of rotatable bonds is 5. The molecule has 6 heteroatoms. The first kappa shape index (κ1) is 17.5. The van der Waals surface area contributed by atoms with Gasteiger partial charge in [0.2, 0.25) is 5.89 Å². The number of benzene rings is 1. The molecular weight excluding hydrogens is 318 g/mol. The maximum Gasteiger partial charge on any atom is 0.255 e. The molecule has 1 heterocycles. The van der Waals surface area contributed by atoms with Crippen LogP contribution >= 0.6 is 0 Å². The lowest BCUT2D eigenvalue weighted by Crippen LogP contribution is -2.32. The molecule has 0 radical (unpaired) electrons. The Bertz CT molecular complexity index is 728. The molecule has 134 valence electrons. The summed E-state index contributed by atoms with van der Waals surface area (Å²) in [6.45, 7) is 6.16. The topological polar surface area (TPSA) is 77.2 Å². The van der Waals surface area contributed by atoms with Crippen molar-refractivity contribution in [3.05, 3.63) is 41.6 Å². The summed E-state index contributed by atoms with van der Waals surface area (Å²) < 4.78 is 11.4. The minimum absolute atomic E-state index is 0.0941. The summed E-state index contributed by atoms with van der Waals surface area (Å²) in [6, 6.07) is 7.50. The summed E-state index contributed by atoms with van der Waals surface area (Å²) in [6.07, 6.45) is 4.45. The van der Waals surface area contributed by atoms with Crippen molar-refractivity contribution in [1.82, 2.24) is 15.5 Å². The molecule has 1 N–H and O–H groups in total. The van der Waals surface area contributed by atoms with Crippen LogP contribution in [0.25, 0.3) is 0 Å². The number of amides is 1. The standard InChI is InChI=1S/C19H25N3O3/c1-19(2,3)18-22-21-16(25-18)12-24-15-11-7-6-10-14(15)17(23)20-13-8-4-5-9-13/h6-7,10-11,13H,4-5,8-9,12H2,1-3H3,(H,20,23). The Hall–Kier alpha value is -2.37. The minimum atomic E-state index is -0.204. The second-order valence-corrected chi connectivity index (χ2v) is 7.49. The molecule has 0 aliphatic heterocycles. The lowest BCUT2D eigenvalue weighted by molar-refractivity contribution is 0.0932. The van der Waals surface area contributed by atoms with Gasteiger partial charge in [-0.05, 0) is 25.0 Å². The molecule has 25 heavy (non-hydrogen) atoms. The minimum Gasteiger partial charge on any atom is -0.483 e. The number of hydrogen-bond donors (Lipinski definition) is 1. The van der Waals surface area contributed by atoms with Crippen LogP contribution in [0.15, 0.2) is 28.7 Å². The SMILES string of the molecule is CC(C)(C)c1nnc(COc2ccccc2C(=O)NC2CCCC2)o1. The van der Waals surface area contributed by atoms with Crippen molar-refractivity contribution < 1.29 is 13.9 Å². The highest BCUT2D eigenvalue weighted by atomic mass is 16.5. The van der Waals surface area contributed by atoms with E-state index in [1.807, 2.05) is 32.9 Å². The van der Waals surface area contributed by atoms with Crippen molar-refractivity contribution in [3.63, 3.8) is 0 Å². The van der Waals surface area contributed by atoms with E-state index in [-0.39, 0.29) is 24.0 Å². The predicted octanol–water partition coefficient (Wildman–Crippen LogP) is 3.62. The maximum atomic E-state index is 12.5. The van der Waals surface area contributed by atoms with Crippen LogP contribution in [0.2, 0.25) is 0 Å². The fraction of sp³-hybridized carbons (Fsp3) is 0.526. The van der Waals surface area contributed by atoms with Crippen LogP contribution in [-0.2, 0) is 12.0 Å². The van der Waals surface area contributed by atoms with Gasteiger partial charge in [0.1, 0.15) is 5.75 Å². The molecule has 1 aliphatic rings. The molecule has 1 aromatic heterocycles. The summed E-state index contributed by atoms with van der Waals surface area (Å²) in [4.78, 5) is 12.5. The van der Waals surface area contributed by atoms with Gasteiger partial charge in [-0.15, -0.1) is 10.2 Å². The Morgan fingerprint density at radius 2 is 1.96 bits per heavy atom. The number of ether oxygens (including phenoxy) is 1. The second kappa shape index (κ2) is 7.25. The van der Waals surface area contributed by atoms with Gasteiger partial charge in [-0.2, -0.15) is 0 Å². The van der Waals surface area contributed by atoms with E-state index in [1.165, 1.54) is 12.8 Å². The number of hydrogen-bond acceptors (Lipinski definition) is 5. The Balaban J connectivity index is 1.66. The maximum absolute atomic E-state index is 12.5. The molecule has 0 bridgehead atoms. The van der Waals surface area contributed by atoms with Crippen LogP contribution in [0.3, 0.4) is 0 Å². The Morgan fingerprint density at radius 1 is 1.24 bits per heavy atom. The number of nitrogens with one attached hydrogen (secondary N) is 1. The molecule has 1 aromatic carbocycles. The number of aromatic nitrogens is 2. The summed E-state index contributed by atoms with van der Waals surface area (Å²) in [5, 5.41) is 11.2. The van der Waals surface area contributed by atoms with E-state index in [9.17, 15) is 4.79 Å². The van der Waals surface area contributed by atoms with E-state index >= 15 is 0 Å². The normalized spacial score (nSPS) is 15.3. The Kier molecular flexibility index (Phi) is 5.06. The lowest BCUT2D eigenvalue weighted by Gasteiger charge is -2.14. The van der Waals surface area contributed by atoms with Gasteiger partial charge in [0.25, 0.3) is 11.8 Å². The first-order chi connectivity index (χ1) is 11.9. The molecule has 6 nitrogen and oxygen atoms in total. The van der Waals surface area contributed by atoms with Gasteiger partial charge in [-0.1, -0.05) is 45.7 Å². The second-order valence-electron chi connectivity index (χ2n) is 7.49. The van der Waals surface area contributed by atoms with Crippen LogP contribution in [0, 0.1) is 0 Å². The third-order valence-corrected chi connectivity index (χ3v) is 4.28. The van der Waals surface area contributed by atoms with Gasteiger partial charge in [0.05, 0.1) is 5.56 Å². The molecule has 1 saturated carbocycles. The van der Waals surface area contributed by atoms with E-state index in [4.69, 9.17) is 9.15 Å². The van der Waals surface area contributed by atoms with Crippen molar-refractivity contribution in [2.75, 3.05) is 0 Å². The zero-order valence-electron chi connectivity index (χ0n) is 15.0. The smallest absolute Gasteiger partial charge is 0.255 e. The van der Waals surface area contributed by atoms with Gasteiger partial charge >= 0.3 is 0 Å². The zero-order valence-corrected chi connectivity index (χ0v) is 15.0. The van der Waals surface area contributed by atoms with E-state index < -0.39 is 0 Å². The molecule has 2 aromatic rings. The largest absolute Gasteiger partial charge is 0.483 e. The van der Waals surface area contributed by atoms with Crippen LogP contribution in [0.1, 0.15) is 68.6 Å². The van der Waals surface area contributed by atoms with Crippen LogP contribution in [0.5, 0.6) is 5.75 Å². The van der Waals surface area contributed by atoms with E-state index in [0.29, 0.717) is 23.1 Å². The molecule has 0 unspecified atom stereocenters. The fourth-order valence-electron chi connectivity index (χ4n) is 2.87. The van der Waals surface area contributed by atoms with Gasteiger partial charge in [0.15, 0.2) is 6.61 Å². The lowest BCUT2D eigenvalue weighted by atomic mass is 9.97. The quantitative estimate of drug-likeness (QED) is 0.897. The zero-order chi connectivity index (χ0) is 17.9. The molecule has 0 saturated heterocycles. The van der Waals surface area contributed by atoms with E-state index in [1.54, 1.807) is 12.1 Å². The summed E-state index contributed by atoms with van der Waals surface area (Å²) >= 11 is 0. The first-order valence-electron chi connectivity index (χ1n) is 8.79. The molecule has 0 atom stereocenters. The first-order valence-corrected chi connectivity index (χ1v) is 8.79. The molecular formula is C19H25N3O3. The molecule has 0 spiro atoms. The molecule has 1 aliphatic carbocycles. The summed E-state index contributed by atoms with van der Waals surface area (Å²) in [5.74, 6) is 1.39. The Labute approximate surface area is 148 Å². The van der Waals surface area contributed by atoms with Crippen molar-refractivity contribution >= 4 is 5.91 Å². The van der Waals surface area contributed by atoms with Gasteiger partial charge < -0.3 is 14.5 Å². The number of carbonyl (C=O) groups excluding carboxylic acids is 1. The monoisotopic (exact) mass is 343 g/mol.